The van der Waals surface area contributed by atoms with E-state index < -0.39 is 29.1 Å². The maximum absolute atomic E-state index is 12.8. The molecule has 0 bridgehead atoms. The fraction of sp³-hybridized carbons (Fsp3) is 0.0714. The summed E-state index contributed by atoms with van der Waals surface area (Å²) in [6.45, 7) is 0. The highest BCUT2D eigenvalue weighted by atomic mass is 19.4. The van der Waals surface area contributed by atoms with Gasteiger partial charge in [0, 0.05) is 0 Å². The van der Waals surface area contributed by atoms with E-state index >= 15 is 0 Å². The number of carboxylic acid groups (broad SMARTS) is 1. The lowest BCUT2D eigenvalue weighted by Crippen LogP contribution is -2.12. The van der Waals surface area contributed by atoms with Crippen LogP contribution in [0.15, 0.2) is 42.5 Å². The summed E-state index contributed by atoms with van der Waals surface area (Å²) in [5.41, 5.74) is -1.34. The molecule has 0 spiro atoms. The Morgan fingerprint density at radius 1 is 0.950 bits per heavy atom. The summed E-state index contributed by atoms with van der Waals surface area (Å²) in [7, 11) is 0. The normalized spacial score (nSPS) is 11.4. The van der Waals surface area contributed by atoms with Crippen molar-refractivity contribution >= 4 is 5.97 Å². The number of halogens is 4. The highest BCUT2D eigenvalue weighted by Gasteiger charge is 2.35. The lowest BCUT2D eigenvalue weighted by Gasteiger charge is -2.12. The van der Waals surface area contributed by atoms with Gasteiger partial charge in [0.25, 0.3) is 0 Å². The molecule has 0 saturated carbocycles. The van der Waals surface area contributed by atoms with Gasteiger partial charge in [0.05, 0.1) is 11.1 Å². The predicted molar refractivity (Wildman–Crippen MR) is 63.8 cm³/mol. The highest BCUT2D eigenvalue weighted by Crippen LogP contribution is 2.34. The van der Waals surface area contributed by atoms with E-state index in [1.54, 1.807) is 0 Å². The second-order valence-corrected chi connectivity index (χ2v) is 4.07. The molecular formula is C14H8F4O2. The largest absolute Gasteiger partial charge is 0.478 e. The second kappa shape index (κ2) is 4.96. The van der Waals surface area contributed by atoms with E-state index in [1.165, 1.54) is 12.1 Å². The molecule has 0 fully saturated rings. The van der Waals surface area contributed by atoms with Crippen LogP contribution in [0.2, 0.25) is 0 Å². The van der Waals surface area contributed by atoms with Gasteiger partial charge in [-0.1, -0.05) is 18.2 Å². The Balaban J connectivity index is 2.56. The molecule has 0 radical (unpaired) electrons. The minimum Gasteiger partial charge on any atom is -0.478 e. The van der Waals surface area contributed by atoms with Crippen LogP contribution in [-0.4, -0.2) is 11.1 Å². The Hall–Kier alpha value is -2.37. The molecule has 0 aromatic heterocycles. The Morgan fingerprint density at radius 2 is 1.50 bits per heavy atom. The summed E-state index contributed by atoms with van der Waals surface area (Å²) in [4.78, 5) is 10.9. The van der Waals surface area contributed by atoms with E-state index in [1.807, 2.05) is 0 Å². The van der Waals surface area contributed by atoms with Crippen LogP contribution < -0.4 is 0 Å². The molecule has 0 saturated heterocycles. The summed E-state index contributed by atoms with van der Waals surface area (Å²) >= 11 is 0. The number of aromatic carboxylic acids is 1. The zero-order chi connectivity index (χ0) is 14.9. The van der Waals surface area contributed by atoms with Crippen molar-refractivity contribution in [1.82, 2.24) is 0 Å². The van der Waals surface area contributed by atoms with Gasteiger partial charge in [-0.2, -0.15) is 13.2 Å². The number of hydrogen-bond donors (Lipinski definition) is 1. The molecule has 0 unspecified atom stereocenters. The predicted octanol–water partition coefficient (Wildman–Crippen LogP) is 4.21. The molecule has 0 heterocycles. The number of alkyl halides is 3. The van der Waals surface area contributed by atoms with Crippen LogP contribution in [0.25, 0.3) is 11.1 Å². The van der Waals surface area contributed by atoms with Crippen molar-refractivity contribution in [2.45, 2.75) is 6.18 Å². The average Bonchev–Trinajstić information content (AvgIpc) is 2.37. The smallest absolute Gasteiger partial charge is 0.417 e. The van der Waals surface area contributed by atoms with Gasteiger partial charge in [0.1, 0.15) is 5.82 Å². The minimum atomic E-state index is -4.74. The zero-order valence-electron chi connectivity index (χ0n) is 9.91. The Morgan fingerprint density at radius 3 is 2.00 bits per heavy atom. The van der Waals surface area contributed by atoms with E-state index in [4.69, 9.17) is 5.11 Å². The second-order valence-electron chi connectivity index (χ2n) is 4.07. The van der Waals surface area contributed by atoms with E-state index in [2.05, 4.69) is 0 Å². The number of carboxylic acids is 1. The Bertz CT molecular complexity index is 645. The molecule has 2 rings (SSSR count). The highest BCUT2D eigenvalue weighted by molar-refractivity contribution is 5.91. The van der Waals surface area contributed by atoms with Crippen LogP contribution in [0.3, 0.4) is 0 Å². The van der Waals surface area contributed by atoms with Crippen LogP contribution in [0.4, 0.5) is 17.6 Å². The van der Waals surface area contributed by atoms with Crippen molar-refractivity contribution in [3.63, 3.8) is 0 Å². The third-order valence-electron chi connectivity index (χ3n) is 2.73. The first kappa shape index (κ1) is 14.0. The summed E-state index contributed by atoms with van der Waals surface area (Å²) in [6, 6.07) is 7.82. The van der Waals surface area contributed by atoms with Gasteiger partial charge in [0.2, 0.25) is 0 Å². The van der Waals surface area contributed by atoms with Gasteiger partial charge in [-0.05, 0) is 35.4 Å². The van der Waals surface area contributed by atoms with Crippen LogP contribution in [0, 0.1) is 5.82 Å². The topological polar surface area (TPSA) is 37.3 Å². The van der Waals surface area contributed by atoms with E-state index in [0.29, 0.717) is 11.6 Å². The first-order valence-corrected chi connectivity index (χ1v) is 5.49. The molecule has 6 heteroatoms. The SMILES string of the molecule is O=C(O)c1cc(-c2ccc(F)cc2)ccc1C(F)(F)F. The van der Waals surface area contributed by atoms with Crippen LogP contribution in [0.1, 0.15) is 15.9 Å². The summed E-state index contributed by atoms with van der Waals surface area (Å²) in [5.74, 6) is -2.15. The van der Waals surface area contributed by atoms with Crippen LogP contribution in [-0.2, 0) is 6.18 Å². The fourth-order valence-corrected chi connectivity index (χ4v) is 1.79. The van der Waals surface area contributed by atoms with Crippen molar-refractivity contribution < 1.29 is 27.5 Å². The number of benzene rings is 2. The van der Waals surface area contributed by atoms with Gasteiger partial charge in [0.15, 0.2) is 0 Å². The molecule has 0 amide bonds. The average molecular weight is 284 g/mol. The molecule has 0 atom stereocenters. The standard InChI is InChI=1S/C14H8F4O2/c15-10-4-1-8(2-5-10)9-3-6-12(14(16,17)18)11(7-9)13(19)20/h1-7H,(H,19,20). The zero-order valence-corrected chi connectivity index (χ0v) is 9.91. The molecule has 2 nitrogen and oxygen atoms in total. The summed E-state index contributed by atoms with van der Waals surface area (Å²) in [5, 5.41) is 8.88. The molecule has 2 aromatic carbocycles. The van der Waals surface area contributed by atoms with Crippen LogP contribution in [0.5, 0.6) is 0 Å². The summed E-state index contributed by atoms with van der Waals surface area (Å²) in [6.07, 6.45) is -4.74. The maximum atomic E-state index is 12.8. The first-order valence-electron chi connectivity index (χ1n) is 5.49. The minimum absolute atomic E-state index is 0.274. The lowest BCUT2D eigenvalue weighted by molar-refractivity contribution is -0.138. The Kier molecular flexibility index (Phi) is 3.48. The molecule has 0 aliphatic carbocycles. The first-order chi connectivity index (χ1) is 9.29. The third kappa shape index (κ3) is 2.79. The number of carbonyl (C=O) groups is 1. The monoisotopic (exact) mass is 284 g/mol. The van der Waals surface area contributed by atoms with Gasteiger partial charge < -0.3 is 5.11 Å². The Labute approximate surface area is 111 Å². The molecular weight excluding hydrogens is 276 g/mol. The fourth-order valence-electron chi connectivity index (χ4n) is 1.79. The molecule has 0 aliphatic rings. The van der Waals surface area contributed by atoms with Crippen molar-refractivity contribution in [2.24, 2.45) is 0 Å². The molecule has 104 valence electrons. The quantitative estimate of drug-likeness (QED) is 0.839. The van der Waals surface area contributed by atoms with E-state index in [0.717, 1.165) is 24.3 Å². The van der Waals surface area contributed by atoms with Gasteiger partial charge in [-0.15, -0.1) is 0 Å². The maximum Gasteiger partial charge on any atom is 0.417 e. The molecule has 2 aromatic rings. The molecule has 0 aliphatic heterocycles. The lowest BCUT2D eigenvalue weighted by atomic mass is 9.99. The van der Waals surface area contributed by atoms with Crippen LogP contribution >= 0.6 is 0 Å². The van der Waals surface area contributed by atoms with E-state index in [-0.39, 0.29) is 5.56 Å². The summed E-state index contributed by atoms with van der Waals surface area (Å²) < 4.78 is 50.8. The number of hydrogen-bond acceptors (Lipinski definition) is 1. The number of rotatable bonds is 2. The van der Waals surface area contributed by atoms with Crippen molar-refractivity contribution in [3.8, 4) is 11.1 Å². The van der Waals surface area contributed by atoms with Crippen molar-refractivity contribution in [3.05, 3.63) is 59.4 Å². The van der Waals surface area contributed by atoms with Crippen molar-refractivity contribution in [1.29, 1.82) is 0 Å². The third-order valence-corrected chi connectivity index (χ3v) is 2.73. The van der Waals surface area contributed by atoms with Gasteiger partial charge in [-0.3, -0.25) is 0 Å². The molecule has 20 heavy (non-hydrogen) atoms. The van der Waals surface area contributed by atoms with Crippen molar-refractivity contribution in [2.75, 3.05) is 0 Å². The molecule has 1 N–H and O–H groups in total. The van der Waals surface area contributed by atoms with E-state index in [9.17, 15) is 22.4 Å². The van der Waals surface area contributed by atoms with Gasteiger partial charge >= 0.3 is 12.1 Å². The van der Waals surface area contributed by atoms with Gasteiger partial charge in [-0.25, -0.2) is 9.18 Å².